The molecule has 0 aliphatic heterocycles. The van der Waals surface area contributed by atoms with Crippen LogP contribution in [0, 0.1) is 0 Å². The molecule has 0 saturated carbocycles. The predicted octanol–water partition coefficient (Wildman–Crippen LogP) is 0.572. The summed E-state index contributed by atoms with van der Waals surface area (Å²) in [6, 6.07) is 8.84. The molecule has 0 spiro atoms. The molecule has 0 heterocycles. The van der Waals surface area contributed by atoms with Crippen LogP contribution < -0.4 is 5.73 Å². The summed E-state index contributed by atoms with van der Waals surface area (Å²) in [6.07, 6.45) is 0. The Morgan fingerprint density at radius 1 is 1.42 bits per heavy atom. The highest BCUT2D eigenvalue weighted by Gasteiger charge is 2.16. The van der Waals surface area contributed by atoms with Crippen LogP contribution in [0.15, 0.2) is 30.3 Å². The van der Waals surface area contributed by atoms with Gasteiger partial charge in [-0.25, -0.2) is 0 Å². The summed E-state index contributed by atoms with van der Waals surface area (Å²) >= 11 is 0. The first-order valence-corrected chi connectivity index (χ1v) is 3.67. The summed E-state index contributed by atoms with van der Waals surface area (Å²) in [5.41, 5.74) is 7.57. The fourth-order valence-electron chi connectivity index (χ4n) is 1.03. The number of benzene rings is 1. The number of carbonyl (C=O) groups excluding carboxylic acids is 1. The zero-order valence-corrected chi connectivity index (χ0v) is 6.53. The number of amides is 1. The Labute approximate surface area is 70.8 Å². The summed E-state index contributed by atoms with van der Waals surface area (Å²) in [6.45, 7) is -0.299. The third-order valence-electron chi connectivity index (χ3n) is 1.70. The van der Waals surface area contributed by atoms with Gasteiger partial charge in [-0.3, -0.25) is 10.5 Å². The molecule has 1 unspecified atom stereocenters. The average Bonchev–Trinajstić information content (AvgIpc) is 2.07. The third kappa shape index (κ3) is 1.83. The first kappa shape index (κ1) is 8.74. The van der Waals surface area contributed by atoms with E-state index in [1.54, 1.807) is 24.3 Å². The Hall–Kier alpha value is -1.35. The normalized spacial score (nSPS) is 12.4. The van der Waals surface area contributed by atoms with Crippen LogP contribution >= 0.6 is 0 Å². The lowest BCUT2D eigenvalue weighted by Gasteiger charge is -2.08. The standard InChI is InChI=1S/C9H10NO2/c10-9(12)8(6-11)7-4-2-1-3-5-7/h1-5,8,10-11H,6H2. The van der Waals surface area contributed by atoms with Crippen LogP contribution in [0.25, 0.3) is 0 Å². The van der Waals surface area contributed by atoms with Gasteiger partial charge in [-0.15, -0.1) is 0 Å². The zero-order valence-electron chi connectivity index (χ0n) is 6.53. The summed E-state index contributed by atoms with van der Waals surface area (Å²) in [5, 5.41) is 8.81. The first-order valence-electron chi connectivity index (χ1n) is 3.67. The Morgan fingerprint density at radius 3 is 2.42 bits per heavy atom. The molecule has 0 saturated heterocycles. The van der Waals surface area contributed by atoms with E-state index >= 15 is 0 Å². The number of rotatable bonds is 3. The summed E-state index contributed by atoms with van der Waals surface area (Å²) in [5.74, 6) is -1.44. The van der Waals surface area contributed by atoms with Gasteiger partial charge in [0.25, 0.3) is 0 Å². The summed E-state index contributed by atoms with van der Waals surface area (Å²) in [7, 11) is 0. The van der Waals surface area contributed by atoms with Crippen molar-refractivity contribution in [2.24, 2.45) is 0 Å². The van der Waals surface area contributed by atoms with Crippen molar-refractivity contribution in [2.75, 3.05) is 6.61 Å². The smallest absolute Gasteiger partial charge is 0.248 e. The SMILES string of the molecule is [NH]C(=O)C(CO)c1ccccc1. The molecule has 3 nitrogen and oxygen atoms in total. The Morgan fingerprint density at radius 2 is 2.00 bits per heavy atom. The molecule has 1 aromatic carbocycles. The van der Waals surface area contributed by atoms with E-state index in [9.17, 15) is 4.79 Å². The minimum absolute atomic E-state index is 0.299. The number of hydrogen-bond donors (Lipinski definition) is 1. The van der Waals surface area contributed by atoms with Crippen LogP contribution in [0.1, 0.15) is 11.5 Å². The molecule has 63 valence electrons. The Kier molecular flexibility index (Phi) is 2.82. The van der Waals surface area contributed by atoms with Crippen molar-refractivity contribution >= 4 is 5.91 Å². The second-order valence-electron chi connectivity index (χ2n) is 2.51. The van der Waals surface area contributed by atoms with Gasteiger partial charge in [0.2, 0.25) is 5.91 Å². The fraction of sp³-hybridized carbons (Fsp3) is 0.222. The number of hydrogen-bond acceptors (Lipinski definition) is 2. The van der Waals surface area contributed by atoms with Gasteiger partial charge in [0.1, 0.15) is 0 Å². The molecule has 3 heteroatoms. The highest BCUT2D eigenvalue weighted by Crippen LogP contribution is 2.13. The van der Waals surface area contributed by atoms with E-state index < -0.39 is 11.8 Å². The minimum atomic E-state index is -0.747. The molecule has 1 atom stereocenters. The zero-order chi connectivity index (χ0) is 8.97. The van der Waals surface area contributed by atoms with Crippen molar-refractivity contribution in [2.45, 2.75) is 5.92 Å². The molecule has 0 fully saturated rings. The van der Waals surface area contributed by atoms with E-state index in [1.165, 1.54) is 0 Å². The quantitative estimate of drug-likeness (QED) is 0.710. The van der Waals surface area contributed by atoms with Crippen LogP contribution in [-0.2, 0) is 4.79 Å². The molecular weight excluding hydrogens is 154 g/mol. The molecule has 0 aliphatic carbocycles. The van der Waals surface area contributed by atoms with Gasteiger partial charge in [0.15, 0.2) is 0 Å². The minimum Gasteiger partial charge on any atom is -0.395 e. The van der Waals surface area contributed by atoms with Crippen molar-refractivity contribution in [3.63, 3.8) is 0 Å². The highest BCUT2D eigenvalue weighted by molar-refractivity contribution is 5.81. The summed E-state index contributed by atoms with van der Waals surface area (Å²) in [4.78, 5) is 10.7. The maximum atomic E-state index is 10.7. The molecular formula is C9H10NO2. The molecule has 1 aromatic rings. The maximum absolute atomic E-state index is 10.7. The van der Waals surface area contributed by atoms with E-state index in [4.69, 9.17) is 10.8 Å². The van der Waals surface area contributed by atoms with Crippen LogP contribution in [0.4, 0.5) is 0 Å². The molecule has 1 amide bonds. The van der Waals surface area contributed by atoms with Gasteiger partial charge in [0.05, 0.1) is 12.5 Å². The third-order valence-corrected chi connectivity index (χ3v) is 1.70. The molecule has 0 bridgehead atoms. The predicted molar refractivity (Wildman–Crippen MR) is 44.4 cm³/mol. The maximum Gasteiger partial charge on any atom is 0.248 e. The van der Waals surface area contributed by atoms with Crippen molar-refractivity contribution < 1.29 is 9.90 Å². The number of aliphatic hydroxyl groups excluding tert-OH is 1. The van der Waals surface area contributed by atoms with E-state index in [0.29, 0.717) is 5.56 Å². The number of aliphatic hydroxyl groups is 1. The Bertz CT molecular complexity index is 258. The Balaban J connectivity index is 2.88. The molecule has 0 aromatic heterocycles. The van der Waals surface area contributed by atoms with Crippen molar-refractivity contribution in [3.8, 4) is 0 Å². The molecule has 0 aliphatic rings. The second kappa shape index (κ2) is 3.88. The van der Waals surface area contributed by atoms with Crippen LogP contribution in [0.3, 0.4) is 0 Å². The molecule has 12 heavy (non-hydrogen) atoms. The lowest BCUT2D eigenvalue weighted by atomic mass is 10.00. The van der Waals surface area contributed by atoms with Crippen LogP contribution in [-0.4, -0.2) is 17.6 Å². The molecule has 1 rings (SSSR count). The van der Waals surface area contributed by atoms with Crippen LogP contribution in [0.2, 0.25) is 0 Å². The van der Waals surface area contributed by atoms with Gasteiger partial charge in [-0.05, 0) is 5.56 Å². The number of nitrogens with one attached hydrogen (secondary N) is 1. The van der Waals surface area contributed by atoms with Gasteiger partial charge in [-0.1, -0.05) is 30.3 Å². The molecule has 2 N–H and O–H groups in total. The lowest BCUT2D eigenvalue weighted by Crippen LogP contribution is -2.16. The van der Waals surface area contributed by atoms with E-state index in [-0.39, 0.29) is 6.61 Å². The topological polar surface area (TPSA) is 61.1 Å². The van der Waals surface area contributed by atoms with Gasteiger partial charge < -0.3 is 5.11 Å². The average molecular weight is 164 g/mol. The van der Waals surface area contributed by atoms with E-state index in [2.05, 4.69) is 0 Å². The van der Waals surface area contributed by atoms with E-state index in [0.717, 1.165) is 0 Å². The van der Waals surface area contributed by atoms with Crippen molar-refractivity contribution in [1.29, 1.82) is 0 Å². The lowest BCUT2D eigenvalue weighted by molar-refractivity contribution is -0.120. The van der Waals surface area contributed by atoms with E-state index in [1.807, 2.05) is 6.07 Å². The second-order valence-corrected chi connectivity index (χ2v) is 2.51. The van der Waals surface area contributed by atoms with Gasteiger partial charge in [-0.2, -0.15) is 0 Å². The van der Waals surface area contributed by atoms with Crippen molar-refractivity contribution in [1.82, 2.24) is 5.73 Å². The summed E-state index contributed by atoms with van der Waals surface area (Å²) < 4.78 is 0. The van der Waals surface area contributed by atoms with Gasteiger partial charge in [0, 0.05) is 0 Å². The fourth-order valence-corrected chi connectivity index (χ4v) is 1.03. The van der Waals surface area contributed by atoms with Crippen molar-refractivity contribution in [3.05, 3.63) is 35.9 Å². The molecule has 1 radical (unpaired) electrons. The monoisotopic (exact) mass is 164 g/mol. The van der Waals surface area contributed by atoms with Crippen LogP contribution in [0.5, 0.6) is 0 Å². The highest BCUT2D eigenvalue weighted by atomic mass is 16.3. The first-order chi connectivity index (χ1) is 5.75. The number of carbonyl (C=O) groups is 1. The largest absolute Gasteiger partial charge is 0.395 e. The van der Waals surface area contributed by atoms with Gasteiger partial charge >= 0.3 is 0 Å².